The quantitative estimate of drug-likeness (QED) is 0.782. The number of hydrogen-bond donors (Lipinski definition) is 2. The molecule has 16 heavy (non-hydrogen) atoms. The van der Waals surface area contributed by atoms with E-state index >= 15 is 0 Å². The standard InChI is InChI=1S/C12H18O3Si/c1-16(2,3)12(15)11(14)10(13)9-7-5-4-6-8-9/h4-8,10-11,13-14H,1-3H3/t10-,11+/m1/s1. The van der Waals surface area contributed by atoms with Crippen molar-refractivity contribution in [2.45, 2.75) is 31.8 Å². The number of aliphatic hydroxyl groups is 2. The first-order chi connectivity index (χ1) is 7.34. The van der Waals surface area contributed by atoms with Crippen LogP contribution in [0.4, 0.5) is 0 Å². The van der Waals surface area contributed by atoms with E-state index in [4.69, 9.17) is 0 Å². The summed E-state index contributed by atoms with van der Waals surface area (Å²) < 4.78 is 0. The van der Waals surface area contributed by atoms with Gasteiger partial charge in [0.05, 0.1) is 0 Å². The summed E-state index contributed by atoms with van der Waals surface area (Å²) in [6.07, 6.45) is -2.44. The highest BCUT2D eigenvalue weighted by Gasteiger charge is 2.34. The first-order valence-electron chi connectivity index (χ1n) is 5.29. The summed E-state index contributed by atoms with van der Waals surface area (Å²) in [5, 5.41) is 19.5. The zero-order chi connectivity index (χ0) is 12.3. The highest BCUT2D eigenvalue weighted by atomic mass is 28.3. The lowest BCUT2D eigenvalue weighted by atomic mass is 10.1. The number of rotatable bonds is 4. The molecule has 3 nitrogen and oxygen atoms in total. The van der Waals surface area contributed by atoms with Crippen molar-refractivity contribution in [2.24, 2.45) is 0 Å². The van der Waals surface area contributed by atoms with Crippen molar-refractivity contribution in [1.29, 1.82) is 0 Å². The van der Waals surface area contributed by atoms with Crippen molar-refractivity contribution >= 4 is 13.5 Å². The SMILES string of the molecule is C[Si](C)(C)C(=O)[C@@H](O)[C@H](O)c1ccccc1. The summed E-state index contributed by atoms with van der Waals surface area (Å²) in [5.74, 6) is 0. The van der Waals surface area contributed by atoms with E-state index in [1.54, 1.807) is 24.3 Å². The highest BCUT2D eigenvalue weighted by molar-refractivity contribution is 7.04. The number of benzene rings is 1. The van der Waals surface area contributed by atoms with E-state index in [2.05, 4.69) is 0 Å². The predicted molar refractivity (Wildman–Crippen MR) is 65.8 cm³/mol. The van der Waals surface area contributed by atoms with E-state index in [1.807, 2.05) is 25.7 Å². The summed E-state index contributed by atoms with van der Waals surface area (Å²) in [6.45, 7) is 5.57. The minimum atomic E-state index is -2.07. The first-order valence-corrected chi connectivity index (χ1v) is 8.79. The van der Waals surface area contributed by atoms with Crippen molar-refractivity contribution in [3.05, 3.63) is 35.9 Å². The fourth-order valence-electron chi connectivity index (χ4n) is 1.42. The van der Waals surface area contributed by atoms with Gasteiger partial charge in [-0.1, -0.05) is 50.0 Å². The Morgan fingerprint density at radius 1 is 1.12 bits per heavy atom. The summed E-state index contributed by atoms with van der Waals surface area (Å²) in [4.78, 5) is 11.8. The molecule has 0 aliphatic rings. The van der Waals surface area contributed by atoms with Gasteiger partial charge in [-0.3, -0.25) is 0 Å². The number of carbonyl (C=O) groups excluding carboxylic acids is 1. The first kappa shape index (κ1) is 13.1. The van der Waals surface area contributed by atoms with Gasteiger partial charge in [0, 0.05) is 0 Å². The molecule has 0 aliphatic carbocycles. The Bertz CT molecular complexity index is 356. The monoisotopic (exact) mass is 238 g/mol. The van der Waals surface area contributed by atoms with Crippen LogP contribution in [0.1, 0.15) is 11.7 Å². The second kappa shape index (κ2) is 4.91. The van der Waals surface area contributed by atoms with Gasteiger partial charge in [0.25, 0.3) is 0 Å². The molecule has 4 heteroatoms. The van der Waals surface area contributed by atoms with Gasteiger partial charge in [0.15, 0.2) is 0 Å². The molecule has 2 N–H and O–H groups in total. The van der Waals surface area contributed by atoms with Gasteiger partial charge in [-0.25, -0.2) is 0 Å². The molecule has 88 valence electrons. The molecule has 0 aliphatic heterocycles. The van der Waals surface area contributed by atoms with Crippen LogP contribution in [0, 0.1) is 0 Å². The van der Waals surface area contributed by atoms with Crippen molar-refractivity contribution in [2.75, 3.05) is 0 Å². The molecule has 0 bridgehead atoms. The molecule has 0 radical (unpaired) electrons. The van der Waals surface area contributed by atoms with Gasteiger partial charge < -0.3 is 15.0 Å². The van der Waals surface area contributed by atoms with E-state index in [-0.39, 0.29) is 5.41 Å². The van der Waals surface area contributed by atoms with Crippen LogP contribution in [0.3, 0.4) is 0 Å². The zero-order valence-electron chi connectivity index (χ0n) is 9.84. The number of hydrogen-bond acceptors (Lipinski definition) is 3. The molecule has 0 spiro atoms. The van der Waals surface area contributed by atoms with E-state index in [0.717, 1.165) is 0 Å². The van der Waals surface area contributed by atoms with E-state index < -0.39 is 20.3 Å². The van der Waals surface area contributed by atoms with Crippen LogP contribution in [0.2, 0.25) is 19.6 Å². The van der Waals surface area contributed by atoms with Crippen LogP contribution in [0.15, 0.2) is 30.3 Å². The Morgan fingerprint density at radius 3 is 2.06 bits per heavy atom. The van der Waals surface area contributed by atoms with Crippen LogP contribution in [0.5, 0.6) is 0 Å². The van der Waals surface area contributed by atoms with Crippen LogP contribution in [-0.2, 0) is 4.79 Å². The Labute approximate surface area is 96.8 Å². The van der Waals surface area contributed by atoms with Gasteiger partial charge in [-0.05, 0) is 5.56 Å². The van der Waals surface area contributed by atoms with Gasteiger partial charge in [0.1, 0.15) is 25.7 Å². The van der Waals surface area contributed by atoms with E-state index in [1.165, 1.54) is 0 Å². The number of carbonyl (C=O) groups is 1. The molecular weight excluding hydrogens is 220 g/mol. The minimum Gasteiger partial charge on any atom is -0.385 e. The molecule has 0 saturated heterocycles. The van der Waals surface area contributed by atoms with Gasteiger partial charge in [-0.2, -0.15) is 0 Å². The fourth-order valence-corrected chi connectivity index (χ4v) is 2.46. The smallest absolute Gasteiger partial charge is 0.141 e. The zero-order valence-corrected chi connectivity index (χ0v) is 10.8. The predicted octanol–water partition coefficient (Wildman–Crippen LogP) is 1.53. The van der Waals surface area contributed by atoms with Gasteiger partial charge in [0.2, 0.25) is 0 Å². The van der Waals surface area contributed by atoms with Crippen molar-refractivity contribution in [1.82, 2.24) is 0 Å². The molecule has 0 heterocycles. The maximum absolute atomic E-state index is 11.8. The van der Waals surface area contributed by atoms with Crippen LogP contribution in [0.25, 0.3) is 0 Å². The lowest BCUT2D eigenvalue weighted by Gasteiger charge is -2.23. The van der Waals surface area contributed by atoms with Gasteiger partial charge >= 0.3 is 0 Å². The second-order valence-corrected chi connectivity index (χ2v) is 9.91. The molecule has 1 aromatic rings. The fraction of sp³-hybridized carbons (Fsp3) is 0.417. The van der Waals surface area contributed by atoms with Crippen molar-refractivity contribution < 1.29 is 15.0 Å². The summed E-state index contributed by atoms with van der Waals surface area (Å²) in [6, 6.07) is 8.76. The largest absolute Gasteiger partial charge is 0.385 e. The highest BCUT2D eigenvalue weighted by Crippen LogP contribution is 2.20. The Hall–Kier alpha value is -0.973. The normalized spacial score (nSPS) is 15.6. The summed E-state index contributed by atoms with van der Waals surface area (Å²) in [7, 11) is -2.07. The van der Waals surface area contributed by atoms with Crippen LogP contribution < -0.4 is 0 Å². The second-order valence-electron chi connectivity index (χ2n) is 4.91. The third-order valence-corrected chi connectivity index (χ3v) is 4.22. The molecule has 2 atom stereocenters. The third-order valence-electron chi connectivity index (χ3n) is 2.45. The molecule has 0 aromatic heterocycles. The molecule has 0 fully saturated rings. The van der Waals surface area contributed by atoms with E-state index in [9.17, 15) is 15.0 Å². The van der Waals surface area contributed by atoms with Crippen molar-refractivity contribution in [3.63, 3.8) is 0 Å². The van der Waals surface area contributed by atoms with Crippen LogP contribution in [-0.4, -0.2) is 29.8 Å². The molecule has 0 unspecified atom stereocenters. The van der Waals surface area contributed by atoms with Crippen molar-refractivity contribution in [3.8, 4) is 0 Å². The molecule has 1 aromatic carbocycles. The molecule has 0 amide bonds. The third kappa shape index (κ3) is 3.01. The average molecular weight is 238 g/mol. The molecular formula is C12H18O3Si. The lowest BCUT2D eigenvalue weighted by molar-refractivity contribution is -0.125. The lowest BCUT2D eigenvalue weighted by Crippen LogP contribution is -2.44. The van der Waals surface area contributed by atoms with Gasteiger partial charge in [-0.15, -0.1) is 0 Å². The molecule has 0 saturated carbocycles. The Morgan fingerprint density at radius 2 is 1.62 bits per heavy atom. The van der Waals surface area contributed by atoms with Crippen LogP contribution >= 0.6 is 0 Å². The summed E-state index contributed by atoms with van der Waals surface area (Å²) >= 11 is 0. The summed E-state index contributed by atoms with van der Waals surface area (Å²) in [5.41, 5.74) is 0.571. The maximum Gasteiger partial charge on any atom is 0.141 e. The Balaban J connectivity index is 2.83. The Kier molecular flexibility index (Phi) is 4.01. The number of aliphatic hydroxyl groups excluding tert-OH is 2. The average Bonchev–Trinajstić information content (AvgIpc) is 2.26. The molecule has 1 rings (SSSR count). The van der Waals surface area contributed by atoms with E-state index in [0.29, 0.717) is 5.56 Å². The maximum atomic E-state index is 11.8. The topological polar surface area (TPSA) is 57.5 Å². The minimum absolute atomic E-state index is 0.219.